The summed E-state index contributed by atoms with van der Waals surface area (Å²) in [5.74, 6) is -6.94. The zero-order chi connectivity index (χ0) is 26.4. The van der Waals surface area contributed by atoms with Crippen molar-refractivity contribution in [2.75, 3.05) is 6.61 Å². The van der Waals surface area contributed by atoms with Gasteiger partial charge in [-0.3, -0.25) is 0 Å². The highest BCUT2D eigenvalue weighted by Crippen LogP contribution is 2.40. The zero-order valence-corrected chi connectivity index (χ0v) is 19.9. The Kier molecular flexibility index (Phi) is 8.34. The molecule has 0 heterocycles. The summed E-state index contributed by atoms with van der Waals surface area (Å²) in [7, 11) is 0. The van der Waals surface area contributed by atoms with E-state index in [1.54, 1.807) is 42.5 Å². The minimum absolute atomic E-state index is 0.0660. The van der Waals surface area contributed by atoms with Gasteiger partial charge in [0.25, 0.3) is 0 Å². The first kappa shape index (κ1) is 26.3. The van der Waals surface area contributed by atoms with Crippen LogP contribution in [-0.4, -0.2) is 12.6 Å². The maximum absolute atomic E-state index is 15.1. The highest BCUT2D eigenvalue weighted by Gasteiger charge is 2.29. The summed E-state index contributed by atoms with van der Waals surface area (Å²) in [5.41, 5.74) is -1.39. The highest BCUT2D eigenvalue weighted by atomic mass is 19.2. The molecule has 0 amide bonds. The maximum atomic E-state index is 15.1. The Bertz CT molecular complexity index is 1360. The summed E-state index contributed by atoms with van der Waals surface area (Å²) in [4.78, 5) is 13.0. The van der Waals surface area contributed by atoms with Crippen LogP contribution in [0.1, 0.15) is 48.7 Å². The predicted octanol–water partition coefficient (Wildman–Crippen LogP) is 7.15. The molecule has 184 valence electrons. The lowest BCUT2D eigenvalue weighted by atomic mass is 9.99. The van der Waals surface area contributed by atoms with Crippen molar-refractivity contribution < 1.29 is 27.4 Å². The molecule has 0 aliphatic heterocycles. The van der Waals surface area contributed by atoms with Gasteiger partial charge in [0.2, 0.25) is 11.6 Å². The van der Waals surface area contributed by atoms with Gasteiger partial charge in [0, 0.05) is 5.56 Å². The largest absolute Gasteiger partial charge is 0.462 e. The van der Waals surface area contributed by atoms with Crippen LogP contribution in [0.15, 0.2) is 48.5 Å². The molecule has 3 rings (SSSR count). The Hall–Kier alpha value is -4.30. The van der Waals surface area contributed by atoms with E-state index < -0.39 is 40.3 Å². The number of nitriles is 2. The van der Waals surface area contributed by atoms with Gasteiger partial charge in [-0.05, 0) is 29.9 Å². The van der Waals surface area contributed by atoms with E-state index in [-0.39, 0.29) is 29.4 Å². The van der Waals surface area contributed by atoms with Gasteiger partial charge in [-0.2, -0.15) is 14.9 Å². The molecule has 0 bridgehead atoms. The number of hydrogen-bond acceptors (Lipinski definition) is 5. The SMILES string of the molecule is CC(C)CC(C)COC(=O)c1cccc(-c2ccccc2)c1Oc1c(F)c(F)c(C#N)c(C#N)c1F. The van der Waals surface area contributed by atoms with Crippen LogP contribution in [0.4, 0.5) is 13.2 Å². The van der Waals surface area contributed by atoms with Crippen LogP contribution in [0, 0.1) is 51.9 Å². The molecule has 0 aliphatic rings. The second-order valence-electron chi connectivity index (χ2n) is 8.73. The Labute approximate surface area is 207 Å². The summed E-state index contributed by atoms with van der Waals surface area (Å²) < 4.78 is 55.4. The van der Waals surface area contributed by atoms with Crippen molar-refractivity contribution in [2.24, 2.45) is 11.8 Å². The van der Waals surface area contributed by atoms with Gasteiger partial charge in [-0.1, -0.05) is 63.2 Å². The van der Waals surface area contributed by atoms with E-state index in [1.807, 2.05) is 20.8 Å². The van der Waals surface area contributed by atoms with Crippen molar-refractivity contribution in [1.82, 2.24) is 0 Å². The van der Waals surface area contributed by atoms with E-state index in [2.05, 4.69) is 0 Å². The van der Waals surface area contributed by atoms with Crippen LogP contribution in [0.3, 0.4) is 0 Å². The molecule has 3 aromatic carbocycles. The number of benzene rings is 3. The van der Waals surface area contributed by atoms with Crippen molar-refractivity contribution in [3.63, 3.8) is 0 Å². The second kappa shape index (κ2) is 11.4. The molecule has 1 atom stereocenters. The third-order valence-corrected chi connectivity index (χ3v) is 5.40. The number of carbonyl (C=O) groups is 1. The first-order valence-corrected chi connectivity index (χ1v) is 11.2. The van der Waals surface area contributed by atoms with Gasteiger partial charge in [0.1, 0.15) is 34.6 Å². The van der Waals surface area contributed by atoms with Crippen molar-refractivity contribution in [2.45, 2.75) is 27.2 Å². The predicted molar refractivity (Wildman–Crippen MR) is 127 cm³/mol. The molecule has 3 aromatic rings. The van der Waals surface area contributed by atoms with Crippen LogP contribution in [0.2, 0.25) is 0 Å². The fourth-order valence-corrected chi connectivity index (χ4v) is 3.86. The van der Waals surface area contributed by atoms with E-state index in [9.17, 15) is 18.8 Å². The lowest BCUT2D eigenvalue weighted by Gasteiger charge is -2.18. The highest BCUT2D eigenvalue weighted by molar-refractivity contribution is 5.96. The first-order chi connectivity index (χ1) is 17.2. The number of esters is 1. The average molecular weight is 492 g/mol. The Morgan fingerprint density at radius 3 is 2.11 bits per heavy atom. The van der Waals surface area contributed by atoms with Gasteiger partial charge >= 0.3 is 5.97 Å². The topological polar surface area (TPSA) is 83.1 Å². The van der Waals surface area contributed by atoms with E-state index in [0.717, 1.165) is 6.42 Å². The molecule has 0 N–H and O–H groups in total. The quantitative estimate of drug-likeness (QED) is 0.246. The number of para-hydroxylation sites is 1. The lowest BCUT2D eigenvalue weighted by molar-refractivity contribution is 0.0433. The molecule has 0 saturated carbocycles. The molecule has 5 nitrogen and oxygen atoms in total. The van der Waals surface area contributed by atoms with Crippen molar-refractivity contribution in [1.29, 1.82) is 10.5 Å². The van der Waals surface area contributed by atoms with Gasteiger partial charge in [-0.25, -0.2) is 13.6 Å². The van der Waals surface area contributed by atoms with Crippen LogP contribution >= 0.6 is 0 Å². The summed E-state index contributed by atoms with van der Waals surface area (Å²) in [6.45, 7) is 6.13. The molecule has 0 fully saturated rings. The van der Waals surface area contributed by atoms with E-state index in [4.69, 9.17) is 14.7 Å². The van der Waals surface area contributed by atoms with Gasteiger partial charge in [-0.15, -0.1) is 0 Å². The summed E-state index contributed by atoms with van der Waals surface area (Å²) in [6, 6.07) is 15.7. The molecule has 0 aliphatic carbocycles. The molecular formula is C28H23F3N2O3. The number of nitrogens with zero attached hydrogens (tertiary/aromatic N) is 2. The monoisotopic (exact) mass is 492 g/mol. The number of carbonyl (C=O) groups excluding carboxylic acids is 1. The van der Waals surface area contributed by atoms with E-state index in [1.165, 1.54) is 18.2 Å². The summed E-state index contributed by atoms with van der Waals surface area (Å²) in [6.07, 6.45) is 0.818. The summed E-state index contributed by atoms with van der Waals surface area (Å²) in [5, 5.41) is 18.3. The fraction of sp³-hybridized carbons (Fsp3) is 0.250. The van der Waals surface area contributed by atoms with E-state index in [0.29, 0.717) is 11.5 Å². The van der Waals surface area contributed by atoms with Crippen LogP contribution in [-0.2, 0) is 4.74 Å². The van der Waals surface area contributed by atoms with Gasteiger partial charge < -0.3 is 9.47 Å². The van der Waals surface area contributed by atoms with Crippen LogP contribution < -0.4 is 4.74 Å². The lowest BCUT2D eigenvalue weighted by Crippen LogP contribution is -2.15. The zero-order valence-electron chi connectivity index (χ0n) is 19.9. The normalized spacial score (nSPS) is 11.5. The average Bonchev–Trinajstić information content (AvgIpc) is 2.87. The molecule has 1 unspecified atom stereocenters. The van der Waals surface area contributed by atoms with Crippen molar-refractivity contribution >= 4 is 5.97 Å². The summed E-state index contributed by atoms with van der Waals surface area (Å²) >= 11 is 0. The molecule has 8 heteroatoms. The van der Waals surface area contributed by atoms with Gasteiger partial charge in [0.05, 0.1) is 6.61 Å². The number of hydrogen-bond donors (Lipinski definition) is 0. The van der Waals surface area contributed by atoms with Gasteiger partial charge in [0.15, 0.2) is 11.6 Å². The van der Waals surface area contributed by atoms with Crippen LogP contribution in [0.25, 0.3) is 11.1 Å². The molecule has 0 spiro atoms. The van der Waals surface area contributed by atoms with Crippen LogP contribution in [0.5, 0.6) is 11.5 Å². The molecule has 0 saturated heterocycles. The Morgan fingerprint density at radius 2 is 1.50 bits per heavy atom. The number of ether oxygens (including phenoxy) is 2. The minimum Gasteiger partial charge on any atom is -0.462 e. The Morgan fingerprint density at radius 1 is 0.861 bits per heavy atom. The van der Waals surface area contributed by atoms with E-state index >= 15 is 4.39 Å². The molecular weight excluding hydrogens is 469 g/mol. The maximum Gasteiger partial charge on any atom is 0.341 e. The first-order valence-electron chi connectivity index (χ1n) is 11.2. The minimum atomic E-state index is -1.80. The van der Waals surface area contributed by atoms with Crippen molar-refractivity contribution in [3.8, 4) is 34.8 Å². The number of rotatable bonds is 8. The third-order valence-electron chi connectivity index (χ3n) is 5.40. The fourth-order valence-electron chi connectivity index (χ4n) is 3.86. The second-order valence-corrected chi connectivity index (χ2v) is 8.73. The number of halogens is 3. The standard InChI is InChI=1S/C28H23F3N2O3/c1-16(2)12-17(3)15-35-28(34)20-11-7-10-19(18-8-5-4-6-9-18)26(20)36-27-24(30)22(14-33)21(13-32)23(29)25(27)31/h4-11,16-17H,12,15H2,1-3H3. The molecule has 0 radical (unpaired) electrons. The smallest absolute Gasteiger partial charge is 0.341 e. The third kappa shape index (κ3) is 5.50. The van der Waals surface area contributed by atoms with Crippen molar-refractivity contribution in [3.05, 3.63) is 82.7 Å². The Balaban J connectivity index is 2.14. The molecule has 0 aromatic heterocycles. The molecule has 36 heavy (non-hydrogen) atoms.